The molecule has 23 heavy (non-hydrogen) atoms. The van der Waals surface area contributed by atoms with Crippen molar-refractivity contribution in [2.24, 2.45) is 17.3 Å². The van der Waals surface area contributed by atoms with Crippen molar-refractivity contribution in [3.63, 3.8) is 0 Å². The largest absolute Gasteiger partial charge is 0.494 e. The first-order valence-electron chi connectivity index (χ1n) is 8.03. The summed E-state index contributed by atoms with van der Waals surface area (Å²) < 4.78 is 18.7. The number of carbonyl (C=O) groups is 1. The van der Waals surface area contributed by atoms with Gasteiger partial charge in [0.15, 0.2) is 11.6 Å². The predicted octanol–water partition coefficient (Wildman–Crippen LogP) is 4.79. The first-order chi connectivity index (χ1) is 10.7. The number of halogens is 1. The van der Waals surface area contributed by atoms with E-state index in [1.165, 1.54) is 19.2 Å². The maximum Gasteiger partial charge on any atom is 0.228 e. The van der Waals surface area contributed by atoms with Gasteiger partial charge in [-0.05, 0) is 49.7 Å². The molecule has 1 amide bonds. The molecule has 126 valence electrons. The normalized spacial score (nSPS) is 23.2. The van der Waals surface area contributed by atoms with Crippen LogP contribution in [0.25, 0.3) is 0 Å². The number of nitrogens with one attached hydrogen (secondary N) is 1. The maximum atomic E-state index is 13.8. The van der Waals surface area contributed by atoms with E-state index in [0.29, 0.717) is 5.69 Å². The first-order valence-corrected chi connectivity index (χ1v) is 8.03. The Hall–Kier alpha value is -1.84. The Bertz CT molecular complexity index is 609. The van der Waals surface area contributed by atoms with Crippen LogP contribution in [0.1, 0.15) is 40.0 Å². The average Bonchev–Trinajstić information content (AvgIpc) is 2.46. The SMILES string of the molecule is C=C(C)C1CCC(C)(C)CC1C(=O)Nc1ccc(OC)c(F)c1. The molecule has 0 bridgehead atoms. The molecule has 0 aliphatic heterocycles. The number of carbonyl (C=O) groups excluding carboxylic acids is 1. The predicted molar refractivity (Wildman–Crippen MR) is 91.0 cm³/mol. The molecule has 1 aliphatic rings. The number of ether oxygens (including phenoxy) is 1. The van der Waals surface area contributed by atoms with E-state index < -0.39 is 5.82 Å². The fourth-order valence-electron chi connectivity index (χ4n) is 3.43. The summed E-state index contributed by atoms with van der Waals surface area (Å²) in [6.45, 7) is 10.4. The van der Waals surface area contributed by atoms with E-state index >= 15 is 0 Å². The van der Waals surface area contributed by atoms with E-state index in [4.69, 9.17) is 4.74 Å². The van der Waals surface area contributed by atoms with Crippen LogP contribution in [0.3, 0.4) is 0 Å². The number of benzene rings is 1. The lowest BCUT2D eigenvalue weighted by molar-refractivity contribution is -0.123. The van der Waals surface area contributed by atoms with Crippen LogP contribution in [0.15, 0.2) is 30.4 Å². The van der Waals surface area contributed by atoms with Crippen molar-refractivity contribution < 1.29 is 13.9 Å². The number of hydrogen-bond donors (Lipinski definition) is 1. The highest BCUT2D eigenvalue weighted by Crippen LogP contribution is 2.44. The molecule has 1 aromatic carbocycles. The second kappa shape index (κ2) is 6.73. The van der Waals surface area contributed by atoms with E-state index in [1.807, 2.05) is 6.92 Å². The van der Waals surface area contributed by atoms with Crippen molar-refractivity contribution in [2.45, 2.75) is 40.0 Å². The fraction of sp³-hybridized carbons (Fsp3) is 0.526. The van der Waals surface area contributed by atoms with Crippen molar-refractivity contribution in [3.8, 4) is 5.75 Å². The third-order valence-electron chi connectivity index (χ3n) is 4.78. The summed E-state index contributed by atoms with van der Waals surface area (Å²) in [4.78, 5) is 12.7. The van der Waals surface area contributed by atoms with Crippen LogP contribution in [0, 0.1) is 23.1 Å². The molecule has 2 atom stereocenters. The molecule has 0 aromatic heterocycles. The minimum atomic E-state index is -0.481. The number of anilines is 1. The average molecular weight is 319 g/mol. The van der Waals surface area contributed by atoms with E-state index in [2.05, 4.69) is 25.7 Å². The fourth-order valence-corrected chi connectivity index (χ4v) is 3.43. The van der Waals surface area contributed by atoms with Gasteiger partial charge in [0.05, 0.1) is 7.11 Å². The molecule has 0 radical (unpaired) electrons. The van der Waals surface area contributed by atoms with Gasteiger partial charge in [-0.25, -0.2) is 4.39 Å². The summed E-state index contributed by atoms with van der Waals surface area (Å²) in [5, 5.41) is 2.85. The number of methoxy groups -OCH3 is 1. The van der Waals surface area contributed by atoms with Gasteiger partial charge >= 0.3 is 0 Å². The van der Waals surface area contributed by atoms with Crippen LogP contribution in [-0.4, -0.2) is 13.0 Å². The Kier molecular flexibility index (Phi) is 5.12. The number of allylic oxidation sites excluding steroid dienone is 1. The zero-order valence-corrected chi connectivity index (χ0v) is 14.4. The van der Waals surface area contributed by atoms with Crippen molar-refractivity contribution in [3.05, 3.63) is 36.2 Å². The Morgan fingerprint density at radius 1 is 1.39 bits per heavy atom. The first kappa shape index (κ1) is 17.5. The van der Waals surface area contributed by atoms with E-state index in [0.717, 1.165) is 24.8 Å². The molecule has 1 aromatic rings. The number of rotatable bonds is 4. The van der Waals surface area contributed by atoms with Crippen molar-refractivity contribution in [1.29, 1.82) is 0 Å². The summed E-state index contributed by atoms with van der Waals surface area (Å²) in [5.74, 6) is -0.310. The molecule has 2 unspecified atom stereocenters. The molecule has 4 heteroatoms. The zero-order valence-electron chi connectivity index (χ0n) is 14.4. The van der Waals surface area contributed by atoms with E-state index in [9.17, 15) is 9.18 Å². The Morgan fingerprint density at radius 3 is 2.65 bits per heavy atom. The van der Waals surface area contributed by atoms with Gasteiger partial charge in [-0.3, -0.25) is 4.79 Å². The summed E-state index contributed by atoms with van der Waals surface area (Å²) >= 11 is 0. The number of hydrogen-bond acceptors (Lipinski definition) is 2. The van der Waals surface area contributed by atoms with Crippen LogP contribution in [-0.2, 0) is 4.79 Å². The molecule has 0 heterocycles. The lowest BCUT2D eigenvalue weighted by Gasteiger charge is -2.40. The van der Waals surface area contributed by atoms with Gasteiger partial charge in [-0.15, -0.1) is 0 Å². The topological polar surface area (TPSA) is 38.3 Å². The Morgan fingerprint density at radius 2 is 2.09 bits per heavy atom. The Balaban J connectivity index is 2.16. The minimum absolute atomic E-state index is 0.0599. The van der Waals surface area contributed by atoms with E-state index in [-0.39, 0.29) is 28.9 Å². The highest BCUT2D eigenvalue weighted by Gasteiger charge is 2.39. The lowest BCUT2D eigenvalue weighted by atomic mass is 9.65. The van der Waals surface area contributed by atoms with Gasteiger partial charge in [-0.1, -0.05) is 26.0 Å². The maximum absolute atomic E-state index is 13.8. The van der Waals surface area contributed by atoms with Crippen LogP contribution >= 0.6 is 0 Å². The summed E-state index contributed by atoms with van der Waals surface area (Å²) in [5.41, 5.74) is 1.64. The quantitative estimate of drug-likeness (QED) is 0.810. The Labute approximate surface area is 137 Å². The molecule has 1 fully saturated rings. The van der Waals surface area contributed by atoms with Gasteiger partial charge in [0, 0.05) is 17.7 Å². The number of amides is 1. The summed E-state index contributed by atoms with van der Waals surface area (Å²) in [6.07, 6.45) is 2.87. The molecule has 1 aliphatic carbocycles. The smallest absolute Gasteiger partial charge is 0.228 e. The van der Waals surface area contributed by atoms with E-state index in [1.54, 1.807) is 6.07 Å². The second-order valence-corrected chi connectivity index (χ2v) is 7.30. The van der Waals surface area contributed by atoms with Crippen molar-refractivity contribution in [1.82, 2.24) is 0 Å². The van der Waals surface area contributed by atoms with Crippen LogP contribution in [0.5, 0.6) is 5.75 Å². The molecular formula is C19H26FNO2. The molecule has 0 saturated heterocycles. The molecular weight excluding hydrogens is 293 g/mol. The third-order valence-corrected chi connectivity index (χ3v) is 4.78. The summed E-state index contributed by atoms with van der Waals surface area (Å²) in [6, 6.07) is 4.47. The molecule has 0 spiro atoms. The second-order valence-electron chi connectivity index (χ2n) is 7.30. The van der Waals surface area contributed by atoms with Crippen LogP contribution in [0.2, 0.25) is 0 Å². The summed E-state index contributed by atoms with van der Waals surface area (Å²) in [7, 11) is 1.41. The molecule has 1 saturated carbocycles. The van der Waals surface area contributed by atoms with Crippen LogP contribution in [0.4, 0.5) is 10.1 Å². The van der Waals surface area contributed by atoms with Gasteiger partial charge in [0.2, 0.25) is 5.91 Å². The zero-order chi connectivity index (χ0) is 17.2. The molecule has 3 nitrogen and oxygen atoms in total. The van der Waals surface area contributed by atoms with Gasteiger partial charge in [0.1, 0.15) is 0 Å². The molecule has 2 rings (SSSR count). The van der Waals surface area contributed by atoms with Crippen molar-refractivity contribution in [2.75, 3.05) is 12.4 Å². The van der Waals surface area contributed by atoms with Gasteiger partial charge < -0.3 is 10.1 Å². The minimum Gasteiger partial charge on any atom is -0.494 e. The third kappa shape index (κ3) is 4.12. The van der Waals surface area contributed by atoms with Gasteiger partial charge in [-0.2, -0.15) is 0 Å². The van der Waals surface area contributed by atoms with Gasteiger partial charge in [0.25, 0.3) is 0 Å². The van der Waals surface area contributed by atoms with Crippen LogP contribution < -0.4 is 10.1 Å². The standard InChI is InChI=1S/C19H26FNO2/c1-12(2)14-8-9-19(3,4)11-15(14)18(22)21-13-6-7-17(23-5)16(20)10-13/h6-7,10,14-15H,1,8-9,11H2,2-5H3,(H,21,22). The molecule has 1 N–H and O–H groups in total. The van der Waals surface area contributed by atoms with Crippen molar-refractivity contribution >= 4 is 11.6 Å². The highest BCUT2D eigenvalue weighted by atomic mass is 19.1. The highest BCUT2D eigenvalue weighted by molar-refractivity contribution is 5.93. The lowest BCUT2D eigenvalue weighted by Crippen LogP contribution is -2.38. The monoisotopic (exact) mass is 319 g/mol.